The highest BCUT2D eigenvalue weighted by atomic mass is 16.5. The third kappa shape index (κ3) is 5.15. The molecule has 106 valence electrons. The standard InChI is InChI=1S/C15H25N3O/c1-11(2)15-17-12(3)9-14(18-15)16-7-4-8-19-10-13-5-6-13/h9,11,13H,4-8,10H2,1-3H3,(H,16,17,18). The van der Waals surface area contributed by atoms with Crippen molar-refractivity contribution in [3.05, 3.63) is 17.6 Å². The summed E-state index contributed by atoms with van der Waals surface area (Å²) in [6.07, 6.45) is 3.74. The van der Waals surface area contributed by atoms with E-state index in [2.05, 4.69) is 29.1 Å². The monoisotopic (exact) mass is 263 g/mol. The van der Waals surface area contributed by atoms with Gasteiger partial charge >= 0.3 is 0 Å². The number of aromatic nitrogens is 2. The topological polar surface area (TPSA) is 47.0 Å². The smallest absolute Gasteiger partial charge is 0.133 e. The lowest BCUT2D eigenvalue weighted by Crippen LogP contribution is -2.10. The van der Waals surface area contributed by atoms with E-state index in [1.54, 1.807) is 0 Å². The number of rotatable bonds is 8. The second-order valence-corrected chi connectivity index (χ2v) is 5.71. The molecule has 19 heavy (non-hydrogen) atoms. The van der Waals surface area contributed by atoms with Crippen molar-refractivity contribution in [2.45, 2.75) is 46.0 Å². The summed E-state index contributed by atoms with van der Waals surface area (Å²) in [4.78, 5) is 8.97. The Kier molecular flexibility index (Phi) is 5.14. The van der Waals surface area contributed by atoms with Gasteiger partial charge in [0.2, 0.25) is 0 Å². The summed E-state index contributed by atoms with van der Waals surface area (Å²) in [7, 11) is 0. The molecule has 2 rings (SSSR count). The van der Waals surface area contributed by atoms with Crippen LogP contribution in [0.5, 0.6) is 0 Å². The summed E-state index contributed by atoms with van der Waals surface area (Å²) in [5.74, 6) is 3.05. The van der Waals surface area contributed by atoms with Crippen LogP contribution in [-0.4, -0.2) is 29.7 Å². The molecule has 0 bridgehead atoms. The Morgan fingerprint density at radius 2 is 2.16 bits per heavy atom. The van der Waals surface area contributed by atoms with Crippen molar-refractivity contribution in [2.24, 2.45) is 5.92 Å². The van der Waals surface area contributed by atoms with E-state index in [9.17, 15) is 0 Å². The Bertz CT molecular complexity index is 402. The van der Waals surface area contributed by atoms with E-state index in [4.69, 9.17) is 4.74 Å². The second kappa shape index (κ2) is 6.85. The Balaban J connectivity index is 1.69. The third-order valence-electron chi connectivity index (χ3n) is 3.21. The molecule has 1 aliphatic rings. The molecule has 1 aromatic heterocycles. The van der Waals surface area contributed by atoms with Gasteiger partial charge < -0.3 is 10.1 Å². The molecular formula is C15H25N3O. The fourth-order valence-corrected chi connectivity index (χ4v) is 1.87. The Morgan fingerprint density at radius 1 is 1.37 bits per heavy atom. The maximum atomic E-state index is 5.61. The van der Waals surface area contributed by atoms with E-state index in [0.717, 1.165) is 49.4 Å². The zero-order valence-electron chi connectivity index (χ0n) is 12.3. The van der Waals surface area contributed by atoms with Crippen molar-refractivity contribution >= 4 is 5.82 Å². The Hall–Kier alpha value is -1.16. The minimum Gasteiger partial charge on any atom is -0.381 e. The van der Waals surface area contributed by atoms with Crippen LogP contribution in [0.25, 0.3) is 0 Å². The molecule has 4 nitrogen and oxygen atoms in total. The van der Waals surface area contributed by atoms with Crippen molar-refractivity contribution in [3.63, 3.8) is 0 Å². The van der Waals surface area contributed by atoms with Gasteiger partial charge in [-0.15, -0.1) is 0 Å². The number of hydrogen-bond acceptors (Lipinski definition) is 4. The quantitative estimate of drug-likeness (QED) is 0.732. The molecule has 0 spiro atoms. The lowest BCUT2D eigenvalue weighted by molar-refractivity contribution is 0.124. The first kappa shape index (κ1) is 14.3. The van der Waals surface area contributed by atoms with Crippen LogP contribution >= 0.6 is 0 Å². The highest BCUT2D eigenvalue weighted by Gasteiger charge is 2.20. The molecule has 1 N–H and O–H groups in total. The average molecular weight is 263 g/mol. The van der Waals surface area contributed by atoms with Crippen molar-refractivity contribution in [1.29, 1.82) is 0 Å². The van der Waals surface area contributed by atoms with E-state index in [1.807, 2.05) is 13.0 Å². The summed E-state index contributed by atoms with van der Waals surface area (Å²) >= 11 is 0. The molecule has 0 saturated heterocycles. The van der Waals surface area contributed by atoms with Gasteiger partial charge in [0.05, 0.1) is 0 Å². The van der Waals surface area contributed by atoms with E-state index in [0.29, 0.717) is 5.92 Å². The van der Waals surface area contributed by atoms with Crippen LogP contribution in [0.4, 0.5) is 5.82 Å². The molecule has 0 radical (unpaired) electrons. The number of aryl methyl sites for hydroxylation is 1. The Labute approximate surface area is 116 Å². The summed E-state index contributed by atoms with van der Waals surface area (Å²) in [5.41, 5.74) is 1.02. The molecule has 1 aliphatic carbocycles. The molecule has 1 heterocycles. The molecule has 1 fully saturated rings. The van der Waals surface area contributed by atoms with Crippen molar-refractivity contribution in [1.82, 2.24) is 9.97 Å². The molecule has 4 heteroatoms. The number of nitrogens with one attached hydrogen (secondary N) is 1. The molecular weight excluding hydrogens is 238 g/mol. The highest BCUT2D eigenvalue weighted by molar-refractivity contribution is 5.36. The first-order valence-electron chi connectivity index (χ1n) is 7.32. The molecule has 1 aromatic rings. The second-order valence-electron chi connectivity index (χ2n) is 5.71. The molecule has 0 aliphatic heterocycles. The van der Waals surface area contributed by atoms with Gasteiger partial charge in [0.25, 0.3) is 0 Å². The van der Waals surface area contributed by atoms with Gasteiger partial charge in [-0.05, 0) is 32.1 Å². The van der Waals surface area contributed by atoms with Gasteiger partial charge in [0.1, 0.15) is 11.6 Å². The fourth-order valence-electron chi connectivity index (χ4n) is 1.87. The van der Waals surface area contributed by atoms with E-state index in [-0.39, 0.29) is 0 Å². The number of hydrogen-bond donors (Lipinski definition) is 1. The lowest BCUT2D eigenvalue weighted by atomic mass is 10.2. The maximum absolute atomic E-state index is 5.61. The predicted molar refractivity (Wildman–Crippen MR) is 77.5 cm³/mol. The van der Waals surface area contributed by atoms with Crippen LogP contribution in [0, 0.1) is 12.8 Å². The van der Waals surface area contributed by atoms with Crippen molar-refractivity contribution in [2.75, 3.05) is 25.1 Å². The van der Waals surface area contributed by atoms with Crippen LogP contribution in [0.2, 0.25) is 0 Å². The van der Waals surface area contributed by atoms with Crippen LogP contribution < -0.4 is 5.32 Å². The van der Waals surface area contributed by atoms with Crippen molar-refractivity contribution < 1.29 is 4.74 Å². The molecule has 0 amide bonds. The zero-order valence-corrected chi connectivity index (χ0v) is 12.3. The van der Waals surface area contributed by atoms with Crippen LogP contribution in [0.1, 0.15) is 50.5 Å². The largest absolute Gasteiger partial charge is 0.381 e. The van der Waals surface area contributed by atoms with Gasteiger partial charge in [-0.25, -0.2) is 9.97 Å². The SMILES string of the molecule is Cc1cc(NCCCOCC2CC2)nc(C(C)C)n1. The summed E-state index contributed by atoms with van der Waals surface area (Å²) in [5, 5.41) is 3.35. The van der Waals surface area contributed by atoms with E-state index in [1.165, 1.54) is 12.8 Å². The summed E-state index contributed by atoms with van der Waals surface area (Å²) in [6, 6.07) is 2.00. The highest BCUT2D eigenvalue weighted by Crippen LogP contribution is 2.28. The first-order chi connectivity index (χ1) is 9.15. The maximum Gasteiger partial charge on any atom is 0.133 e. The third-order valence-corrected chi connectivity index (χ3v) is 3.21. The molecule has 1 saturated carbocycles. The fraction of sp³-hybridized carbons (Fsp3) is 0.733. The van der Waals surface area contributed by atoms with Gasteiger partial charge in [-0.1, -0.05) is 13.8 Å². The summed E-state index contributed by atoms with van der Waals surface area (Å²) < 4.78 is 5.61. The zero-order chi connectivity index (χ0) is 13.7. The number of nitrogens with zero attached hydrogens (tertiary/aromatic N) is 2. The van der Waals surface area contributed by atoms with Crippen LogP contribution in [-0.2, 0) is 4.74 Å². The molecule has 0 unspecified atom stereocenters. The number of ether oxygens (including phenoxy) is 1. The van der Waals surface area contributed by atoms with Gasteiger partial charge in [0, 0.05) is 37.4 Å². The minimum atomic E-state index is 0.363. The normalized spacial score (nSPS) is 14.9. The van der Waals surface area contributed by atoms with Gasteiger partial charge in [0.15, 0.2) is 0 Å². The van der Waals surface area contributed by atoms with E-state index >= 15 is 0 Å². The van der Waals surface area contributed by atoms with Gasteiger partial charge in [-0.2, -0.15) is 0 Å². The molecule has 0 atom stereocenters. The Morgan fingerprint density at radius 3 is 2.84 bits per heavy atom. The summed E-state index contributed by atoms with van der Waals surface area (Å²) in [6.45, 7) is 8.93. The van der Waals surface area contributed by atoms with Crippen LogP contribution in [0.3, 0.4) is 0 Å². The van der Waals surface area contributed by atoms with E-state index < -0.39 is 0 Å². The predicted octanol–water partition coefficient (Wildman–Crippen LogP) is 3.14. The lowest BCUT2D eigenvalue weighted by Gasteiger charge is -2.10. The average Bonchev–Trinajstić information content (AvgIpc) is 3.17. The molecule has 0 aromatic carbocycles. The van der Waals surface area contributed by atoms with Crippen molar-refractivity contribution in [3.8, 4) is 0 Å². The minimum absolute atomic E-state index is 0.363. The van der Waals surface area contributed by atoms with Crippen LogP contribution in [0.15, 0.2) is 6.07 Å². The van der Waals surface area contributed by atoms with Gasteiger partial charge in [-0.3, -0.25) is 0 Å². The first-order valence-corrected chi connectivity index (χ1v) is 7.32. The number of anilines is 1.